The summed E-state index contributed by atoms with van der Waals surface area (Å²) in [6, 6.07) is 6.56. The summed E-state index contributed by atoms with van der Waals surface area (Å²) < 4.78 is 4.55. The molecule has 0 aliphatic carbocycles. The van der Waals surface area contributed by atoms with Gasteiger partial charge in [-0.25, -0.2) is 4.79 Å². The molecule has 0 N–H and O–H groups in total. The van der Waals surface area contributed by atoms with Crippen molar-refractivity contribution in [3.63, 3.8) is 0 Å². The average Bonchev–Trinajstić information content (AvgIpc) is 2.35. The molecule has 0 atom stereocenters. The fraction of sp³-hybridized carbons (Fsp3) is 0.182. The van der Waals surface area contributed by atoms with Crippen LogP contribution in [0.3, 0.4) is 0 Å². The maximum Gasteiger partial charge on any atom is 0.360 e. The summed E-state index contributed by atoms with van der Waals surface area (Å²) in [4.78, 5) is 26.8. The van der Waals surface area contributed by atoms with Gasteiger partial charge in [0, 0.05) is 11.1 Å². The van der Waals surface area contributed by atoms with E-state index in [1.165, 1.54) is 14.2 Å². The van der Waals surface area contributed by atoms with Crippen LogP contribution in [0.25, 0.3) is 0 Å². The van der Waals surface area contributed by atoms with Gasteiger partial charge in [0.1, 0.15) is 7.11 Å². The SMILES string of the molecule is CO/N=C(\C(=O)OC)c1ccccc1C=O. The van der Waals surface area contributed by atoms with Gasteiger partial charge >= 0.3 is 5.97 Å². The molecule has 5 heteroatoms. The van der Waals surface area contributed by atoms with Crippen molar-refractivity contribution >= 4 is 18.0 Å². The maximum absolute atomic E-state index is 11.4. The second-order valence-corrected chi connectivity index (χ2v) is 2.82. The van der Waals surface area contributed by atoms with E-state index >= 15 is 0 Å². The van der Waals surface area contributed by atoms with E-state index in [1.54, 1.807) is 24.3 Å². The van der Waals surface area contributed by atoms with E-state index in [0.29, 0.717) is 17.4 Å². The smallest absolute Gasteiger partial charge is 0.360 e. The lowest BCUT2D eigenvalue weighted by Crippen LogP contribution is -2.19. The summed E-state index contributed by atoms with van der Waals surface area (Å²) in [6.45, 7) is 0. The zero-order valence-electron chi connectivity index (χ0n) is 8.97. The van der Waals surface area contributed by atoms with Gasteiger partial charge in [0.2, 0.25) is 0 Å². The summed E-state index contributed by atoms with van der Waals surface area (Å²) in [7, 11) is 2.55. The molecule has 0 radical (unpaired) electrons. The topological polar surface area (TPSA) is 65.0 Å². The van der Waals surface area contributed by atoms with E-state index in [1.807, 2.05) is 0 Å². The number of methoxy groups -OCH3 is 1. The van der Waals surface area contributed by atoms with Crippen LogP contribution in [-0.2, 0) is 14.4 Å². The Kier molecular flexibility index (Phi) is 4.20. The molecule has 1 aromatic carbocycles. The quantitative estimate of drug-likeness (QED) is 0.329. The Morgan fingerprint density at radius 2 is 2.00 bits per heavy atom. The number of carbonyl (C=O) groups is 2. The largest absolute Gasteiger partial charge is 0.464 e. The lowest BCUT2D eigenvalue weighted by atomic mass is 10.0. The highest BCUT2D eigenvalue weighted by molar-refractivity contribution is 6.44. The van der Waals surface area contributed by atoms with Crippen LogP contribution in [0.2, 0.25) is 0 Å². The highest BCUT2D eigenvalue weighted by Gasteiger charge is 2.18. The molecule has 84 valence electrons. The molecule has 1 rings (SSSR count). The minimum Gasteiger partial charge on any atom is -0.464 e. The molecular formula is C11H11NO4. The fourth-order valence-corrected chi connectivity index (χ4v) is 1.20. The summed E-state index contributed by atoms with van der Waals surface area (Å²) in [5.41, 5.74) is 0.697. The van der Waals surface area contributed by atoms with Gasteiger partial charge in [-0.3, -0.25) is 4.79 Å². The van der Waals surface area contributed by atoms with E-state index in [2.05, 4.69) is 14.7 Å². The van der Waals surface area contributed by atoms with Crippen molar-refractivity contribution in [2.24, 2.45) is 5.16 Å². The molecule has 0 unspecified atom stereocenters. The highest BCUT2D eigenvalue weighted by Crippen LogP contribution is 2.09. The molecule has 0 aromatic heterocycles. The number of oxime groups is 1. The standard InChI is InChI=1S/C11H11NO4/c1-15-11(14)10(12-16-2)9-6-4-3-5-8(9)7-13/h3-7H,1-2H3/b12-10-. The minimum atomic E-state index is -0.656. The molecule has 0 aliphatic heterocycles. The van der Waals surface area contributed by atoms with Gasteiger partial charge in [-0.1, -0.05) is 29.4 Å². The fourth-order valence-electron chi connectivity index (χ4n) is 1.20. The van der Waals surface area contributed by atoms with Crippen molar-refractivity contribution in [1.29, 1.82) is 0 Å². The highest BCUT2D eigenvalue weighted by atomic mass is 16.6. The van der Waals surface area contributed by atoms with Gasteiger partial charge in [0.05, 0.1) is 7.11 Å². The number of aldehydes is 1. The van der Waals surface area contributed by atoms with E-state index in [-0.39, 0.29) is 5.71 Å². The second kappa shape index (κ2) is 5.65. The number of hydrogen-bond donors (Lipinski definition) is 0. The number of hydrogen-bond acceptors (Lipinski definition) is 5. The Bertz CT molecular complexity index is 426. The van der Waals surface area contributed by atoms with Crippen LogP contribution in [0.15, 0.2) is 29.4 Å². The van der Waals surface area contributed by atoms with Crippen LogP contribution in [0.1, 0.15) is 15.9 Å². The van der Waals surface area contributed by atoms with Gasteiger partial charge in [0.15, 0.2) is 12.0 Å². The molecule has 0 bridgehead atoms. The Hall–Kier alpha value is -2.17. The Morgan fingerprint density at radius 3 is 2.56 bits per heavy atom. The number of esters is 1. The van der Waals surface area contributed by atoms with Crippen molar-refractivity contribution in [2.45, 2.75) is 0 Å². The number of rotatable bonds is 4. The number of ether oxygens (including phenoxy) is 1. The molecule has 0 amide bonds. The summed E-state index contributed by atoms with van der Waals surface area (Å²) in [5, 5.41) is 3.56. The van der Waals surface area contributed by atoms with Crippen LogP contribution in [0, 0.1) is 0 Å². The predicted molar refractivity (Wildman–Crippen MR) is 57.4 cm³/mol. The molecule has 16 heavy (non-hydrogen) atoms. The minimum absolute atomic E-state index is 0.0345. The second-order valence-electron chi connectivity index (χ2n) is 2.82. The van der Waals surface area contributed by atoms with E-state index < -0.39 is 5.97 Å². The van der Waals surface area contributed by atoms with Crippen LogP contribution in [0.4, 0.5) is 0 Å². The van der Waals surface area contributed by atoms with Crippen molar-refractivity contribution < 1.29 is 19.2 Å². The summed E-state index contributed by atoms with van der Waals surface area (Å²) in [6.07, 6.45) is 0.642. The van der Waals surface area contributed by atoms with E-state index in [4.69, 9.17) is 0 Å². The number of nitrogens with zero attached hydrogens (tertiary/aromatic N) is 1. The van der Waals surface area contributed by atoms with Gasteiger partial charge < -0.3 is 9.57 Å². The number of benzene rings is 1. The Balaban J connectivity index is 3.26. The first-order valence-electron chi connectivity index (χ1n) is 4.48. The molecule has 0 saturated carbocycles. The van der Waals surface area contributed by atoms with E-state index in [9.17, 15) is 9.59 Å². The third-order valence-electron chi connectivity index (χ3n) is 1.90. The van der Waals surface area contributed by atoms with Crippen molar-refractivity contribution in [3.05, 3.63) is 35.4 Å². The zero-order chi connectivity index (χ0) is 12.0. The first-order chi connectivity index (χ1) is 7.74. The lowest BCUT2D eigenvalue weighted by Gasteiger charge is -2.05. The summed E-state index contributed by atoms with van der Waals surface area (Å²) >= 11 is 0. The normalized spacial score (nSPS) is 10.8. The molecule has 0 aliphatic rings. The van der Waals surface area contributed by atoms with Gasteiger partial charge in [-0.2, -0.15) is 0 Å². The molecule has 0 saturated heterocycles. The van der Waals surface area contributed by atoms with E-state index in [0.717, 1.165) is 0 Å². The van der Waals surface area contributed by atoms with Crippen LogP contribution in [0.5, 0.6) is 0 Å². The lowest BCUT2D eigenvalue weighted by molar-refractivity contribution is -0.132. The summed E-state index contributed by atoms with van der Waals surface area (Å²) in [5.74, 6) is -0.656. The van der Waals surface area contributed by atoms with Crippen molar-refractivity contribution in [1.82, 2.24) is 0 Å². The zero-order valence-corrected chi connectivity index (χ0v) is 8.97. The number of carbonyl (C=O) groups excluding carboxylic acids is 2. The van der Waals surface area contributed by atoms with Gasteiger partial charge in [-0.05, 0) is 0 Å². The first-order valence-corrected chi connectivity index (χ1v) is 4.48. The van der Waals surface area contributed by atoms with Gasteiger partial charge in [0.25, 0.3) is 0 Å². The van der Waals surface area contributed by atoms with Crippen molar-refractivity contribution in [2.75, 3.05) is 14.2 Å². The van der Waals surface area contributed by atoms with Gasteiger partial charge in [-0.15, -0.1) is 0 Å². The maximum atomic E-state index is 11.4. The monoisotopic (exact) mass is 221 g/mol. The van der Waals surface area contributed by atoms with Crippen LogP contribution >= 0.6 is 0 Å². The van der Waals surface area contributed by atoms with Crippen molar-refractivity contribution in [3.8, 4) is 0 Å². The van der Waals surface area contributed by atoms with Crippen LogP contribution < -0.4 is 0 Å². The third kappa shape index (κ3) is 2.44. The van der Waals surface area contributed by atoms with Crippen LogP contribution in [-0.4, -0.2) is 32.2 Å². The molecule has 1 aromatic rings. The first kappa shape index (κ1) is 11.9. The predicted octanol–water partition coefficient (Wildman–Crippen LogP) is 1.02. The molecule has 0 fully saturated rings. The molecule has 0 spiro atoms. The average molecular weight is 221 g/mol. The molecular weight excluding hydrogens is 210 g/mol. The Morgan fingerprint density at radius 1 is 1.31 bits per heavy atom. The molecule has 0 heterocycles. The third-order valence-corrected chi connectivity index (χ3v) is 1.90. The molecule has 5 nitrogen and oxygen atoms in total. The Labute approximate surface area is 92.7 Å².